The molecule has 0 aliphatic carbocycles. The number of aromatic nitrogens is 2. The van der Waals surface area contributed by atoms with Gasteiger partial charge in [-0.15, -0.1) is 11.6 Å². The molecule has 3 nitrogen and oxygen atoms in total. The van der Waals surface area contributed by atoms with E-state index >= 15 is 0 Å². The van der Waals surface area contributed by atoms with Gasteiger partial charge in [0.2, 0.25) is 0 Å². The average Bonchev–Trinajstić information content (AvgIpc) is 2.88. The standard InChI is InChI=1S/C18H19ClN2O/c1-11-6-5-9-21-17(13(3)19)16(20-18(11)21)14-7-8-15(22-4)12(2)10-14/h5-10,13H,1-4H3. The van der Waals surface area contributed by atoms with Crippen LogP contribution in [-0.2, 0) is 0 Å². The van der Waals surface area contributed by atoms with Gasteiger partial charge >= 0.3 is 0 Å². The van der Waals surface area contributed by atoms with Crippen molar-refractivity contribution in [3.05, 3.63) is 53.3 Å². The van der Waals surface area contributed by atoms with Gasteiger partial charge in [-0.1, -0.05) is 6.07 Å². The third-order valence-corrected chi connectivity index (χ3v) is 4.13. The van der Waals surface area contributed by atoms with Crippen LogP contribution >= 0.6 is 11.6 Å². The number of aryl methyl sites for hydroxylation is 2. The van der Waals surface area contributed by atoms with Crippen molar-refractivity contribution < 1.29 is 4.74 Å². The van der Waals surface area contributed by atoms with E-state index in [9.17, 15) is 0 Å². The Morgan fingerprint density at radius 3 is 2.59 bits per heavy atom. The van der Waals surface area contributed by atoms with E-state index in [1.165, 1.54) is 0 Å². The van der Waals surface area contributed by atoms with Crippen molar-refractivity contribution in [3.63, 3.8) is 0 Å². The zero-order chi connectivity index (χ0) is 15.9. The molecule has 0 aliphatic heterocycles. The molecule has 0 bridgehead atoms. The fraction of sp³-hybridized carbons (Fsp3) is 0.278. The topological polar surface area (TPSA) is 26.5 Å². The van der Waals surface area contributed by atoms with Crippen molar-refractivity contribution in [2.24, 2.45) is 0 Å². The summed E-state index contributed by atoms with van der Waals surface area (Å²) in [5.74, 6) is 0.879. The Balaban J connectivity index is 2.28. The monoisotopic (exact) mass is 314 g/mol. The van der Waals surface area contributed by atoms with Gasteiger partial charge in [0.05, 0.1) is 23.9 Å². The molecule has 3 rings (SSSR count). The lowest BCUT2D eigenvalue weighted by Crippen LogP contribution is -1.96. The molecule has 0 amide bonds. The van der Waals surface area contributed by atoms with Crippen LogP contribution in [0.4, 0.5) is 0 Å². The zero-order valence-electron chi connectivity index (χ0n) is 13.2. The fourth-order valence-corrected chi connectivity index (χ4v) is 3.05. The van der Waals surface area contributed by atoms with E-state index in [0.29, 0.717) is 0 Å². The van der Waals surface area contributed by atoms with Crippen molar-refractivity contribution in [3.8, 4) is 17.0 Å². The van der Waals surface area contributed by atoms with Crippen molar-refractivity contribution in [1.29, 1.82) is 0 Å². The maximum atomic E-state index is 6.44. The molecule has 0 saturated carbocycles. The molecule has 3 aromatic rings. The highest BCUT2D eigenvalue weighted by Gasteiger charge is 2.19. The zero-order valence-corrected chi connectivity index (χ0v) is 14.0. The van der Waals surface area contributed by atoms with E-state index in [2.05, 4.69) is 23.5 Å². The average molecular weight is 315 g/mol. The molecule has 0 radical (unpaired) electrons. The highest BCUT2D eigenvalue weighted by atomic mass is 35.5. The summed E-state index contributed by atoms with van der Waals surface area (Å²) in [6.45, 7) is 6.08. The number of imidazole rings is 1. The largest absolute Gasteiger partial charge is 0.496 e. The Kier molecular flexibility index (Phi) is 3.83. The van der Waals surface area contributed by atoms with Gasteiger partial charge in [-0.25, -0.2) is 4.98 Å². The van der Waals surface area contributed by atoms with Gasteiger partial charge in [-0.3, -0.25) is 0 Å². The number of methoxy groups -OCH3 is 1. The number of nitrogens with zero attached hydrogens (tertiary/aromatic N) is 2. The van der Waals surface area contributed by atoms with E-state index in [1.54, 1.807) is 7.11 Å². The van der Waals surface area contributed by atoms with Crippen LogP contribution in [0.1, 0.15) is 29.1 Å². The molecule has 22 heavy (non-hydrogen) atoms. The molecule has 0 aliphatic rings. The van der Waals surface area contributed by atoms with Crippen LogP contribution in [-0.4, -0.2) is 16.5 Å². The lowest BCUT2D eigenvalue weighted by Gasteiger charge is -2.09. The SMILES string of the molecule is COc1ccc(-c2nc3c(C)cccn3c2C(C)Cl)cc1C. The number of ether oxygens (including phenoxy) is 1. The molecular weight excluding hydrogens is 296 g/mol. The second-order valence-corrected chi connectivity index (χ2v) is 6.19. The maximum Gasteiger partial charge on any atom is 0.140 e. The van der Waals surface area contributed by atoms with Crippen LogP contribution in [0.25, 0.3) is 16.9 Å². The highest BCUT2D eigenvalue weighted by molar-refractivity contribution is 6.20. The molecule has 0 fully saturated rings. The normalized spacial score (nSPS) is 12.6. The number of benzene rings is 1. The minimum Gasteiger partial charge on any atom is -0.496 e. The van der Waals surface area contributed by atoms with E-state index in [1.807, 2.05) is 38.2 Å². The number of hydrogen-bond acceptors (Lipinski definition) is 2. The van der Waals surface area contributed by atoms with Gasteiger partial charge in [-0.05, 0) is 56.2 Å². The van der Waals surface area contributed by atoms with Gasteiger partial charge in [0.15, 0.2) is 0 Å². The Morgan fingerprint density at radius 2 is 1.95 bits per heavy atom. The summed E-state index contributed by atoms with van der Waals surface area (Å²) < 4.78 is 7.43. The van der Waals surface area contributed by atoms with Crippen LogP contribution in [0, 0.1) is 13.8 Å². The van der Waals surface area contributed by atoms with E-state index in [4.69, 9.17) is 21.3 Å². The Bertz CT molecular complexity index is 836. The van der Waals surface area contributed by atoms with Crippen LogP contribution in [0.5, 0.6) is 5.75 Å². The number of alkyl halides is 1. The molecule has 0 N–H and O–H groups in total. The maximum absolute atomic E-state index is 6.44. The summed E-state index contributed by atoms with van der Waals surface area (Å²) in [6.07, 6.45) is 2.02. The Labute approximate surface area is 135 Å². The van der Waals surface area contributed by atoms with Gasteiger partial charge in [0, 0.05) is 11.8 Å². The molecule has 4 heteroatoms. The summed E-state index contributed by atoms with van der Waals surface area (Å²) in [7, 11) is 1.68. The summed E-state index contributed by atoms with van der Waals surface area (Å²) >= 11 is 6.44. The predicted molar refractivity (Wildman–Crippen MR) is 90.9 cm³/mol. The van der Waals surface area contributed by atoms with Crippen LogP contribution < -0.4 is 4.74 Å². The van der Waals surface area contributed by atoms with E-state index in [0.717, 1.165) is 39.5 Å². The van der Waals surface area contributed by atoms with Crippen molar-refractivity contribution >= 4 is 17.2 Å². The lowest BCUT2D eigenvalue weighted by molar-refractivity contribution is 0.412. The second kappa shape index (κ2) is 5.65. The third kappa shape index (κ3) is 2.35. The molecule has 0 spiro atoms. The Hall–Kier alpha value is -2.00. The van der Waals surface area contributed by atoms with Gasteiger partial charge < -0.3 is 9.14 Å². The van der Waals surface area contributed by atoms with Crippen LogP contribution in [0.15, 0.2) is 36.5 Å². The van der Waals surface area contributed by atoms with E-state index < -0.39 is 0 Å². The second-order valence-electron chi connectivity index (χ2n) is 5.53. The first-order chi connectivity index (χ1) is 10.5. The first kappa shape index (κ1) is 14.9. The molecule has 2 heterocycles. The molecule has 0 saturated heterocycles. The minimum absolute atomic E-state index is 0.130. The lowest BCUT2D eigenvalue weighted by atomic mass is 10.1. The number of fused-ring (bicyclic) bond motifs is 1. The molecule has 1 atom stereocenters. The summed E-state index contributed by atoms with van der Waals surface area (Å²) in [6, 6.07) is 10.2. The van der Waals surface area contributed by atoms with Crippen molar-refractivity contribution in [1.82, 2.24) is 9.38 Å². The van der Waals surface area contributed by atoms with E-state index in [-0.39, 0.29) is 5.38 Å². The van der Waals surface area contributed by atoms with Crippen LogP contribution in [0.3, 0.4) is 0 Å². The number of hydrogen-bond donors (Lipinski definition) is 0. The predicted octanol–water partition coefficient (Wildman–Crippen LogP) is 4.93. The summed E-state index contributed by atoms with van der Waals surface area (Å²) in [4.78, 5) is 4.84. The third-order valence-electron chi connectivity index (χ3n) is 3.93. The highest BCUT2D eigenvalue weighted by Crippen LogP contribution is 2.34. The first-order valence-electron chi connectivity index (χ1n) is 7.29. The minimum atomic E-state index is -0.130. The van der Waals surface area contributed by atoms with Gasteiger partial charge in [0.1, 0.15) is 11.4 Å². The van der Waals surface area contributed by atoms with Crippen LogP contribution in [0.2, 0.25) is 0 Å². The molecular formula is C18H19ClN2O. The number of rotatable bonds is 3. The van der Waals surface area contributed by atoms with Gasteiger partial charge in [-0.2, -0.15) is 0 Å². The van der Waals surface area contributed by atoms with Crippen molar-refractivity contribution in [2.75, 3.05) is 7.11 Å². The quantitative estimate of drug-likeness (QED) is 0.641. The van der Waals surface area contributed by atoms with Gasteiger partial charge in [0.25, 0.3) is 0 Å². The Morgan fingerprint density at radius 1 is 1.18 bits per heavy atom. The number of halogens is 1. The first-order valence-corrected chi connectivity index (χ1v) is 7.73. The molecule has 2 aromatic heterocycles. The number of pyridine rings is 1. The smallest absolute Gasteiger partial charge is 0.140 e. The molecule has 114 valence electrons. The molecule has 1 aromatic carbocycles. The van der Waals surface area contributed by atoms with Crippen molar-refractivity contribution in [2.45, 2.75) is 26.1 Å². The summed E-state index contributed by atoms with van der Waals surface area (Å²) in [5, 5.41) is -0.130. The summed E-state index contributed by atoms with van der Waals surface area (Å²) in [5.41, 5.74) is 6.18. The fourth-order valence-electron chi connectivity index (χ4n) is 2.84. The molecule has 1 unspecified atom stereocenters.